The van der Waals surface area contributed by atoms with Crippen molar-refractivity contribution >= 4 is 22.2 Å². The molecule has 1 unspecified atom stereocenters. The van der Waals surface area contributed by atoms with E-state index < -0.39 is 0 Å². The second-order valence-corrected chi connectivity index (χ2v) is 9.37. The molecule has 1 aromatic heterocycles. The van der Waals surface area contributed by atoms with Gasteiger partial charge in [0, 0.05) is 17.5 Å². The Hall–Kier alpha value is -5.03. The Kier molecular flexibility index (Phi) is 5.52. The molecule has 0 N–H and O–H groups in total. The molecule has 2 heterocycles. The van der Waals surface area contributed by atoms with E-state index in [4.69, 9.17) is 9.52 Å². The SMILES string of the molecule is c1ccc(C2=NN(c3ccc(-c4nnc(-c5cccc6ccccc56)o4)cc3)C(c3ccccc3)C2)cc1. The van der Waals surface area contributed by atoms with Gasteiger partial charge in [-0.2, -0.15) is 5.10 Å². The molecule has 0 spiro atoms. The van der Waals surface area contributed by atoms with E-state index >= 15 is 0 Å². The number of aromatic nitrogens is 2. The number of hydrogen-bond donors (Lipinski definition) is 0. The molecule has 1 atom stereocenters. The summed E-state index contributed by atoms with van der Waals surface area (Å²) in [6.07, 6.45) is 0.841. The summed E-state index contributed by atoms with van der Waals surface area (Å²) >= 11 is 0. The van der Waals surface area contributed by atoms with Gasteiger partial charge in [-0.15, -0.1) is 10.2 Å². The van der Waals surface area contributed by atoms with Crippen molar-refractivity contribution in [3.05, 3.63) is 139 Å². The summed E-state index contributed by atoms with van der Waals surface area (Å²) in [5, 5.41) is 18.1. The lowest BCUT2D eigenvalue weighted by atomic mass is 9.98. The predicted molar refractivity (Wildman–Crippen MR) is 152 cm³/mol. The van der Waals surface area contributed by atoms with Crippen LogP contribution in [0.5, 0.6) is 0 Å². The molecule has 0 aliphatic carbocycles. The quantitative estimate of drug-likeness (QED) is 0.245. The molecule has 7 rings (SSSR count). The van der Waals surface area contributed by atoms with Crippen LogP contribution in [0.15, 0.2) is 137 Å². The van der Waals surface area contributed by atoms with Crippen LogP contribution in [0, 0.1) is 0 Å². The van der Waals surface area contributed by atoms with Crippen LogP contribution in [0.25, 0.3) is 33.7 Å². The van der Waals surface area contributed by atoms with Gasteiger partial charge < -0.3 is 4.42 Å². The molecule has 0 radical (unpaired) electrons. The number of rotatable bonds is 5. The van der Waals surface area contributed by atoms with E-state index in [9.17, 15) is 0 Å². The molecule has 0 bridgehead atoms. The largest absolute Gasteiger partial charge is 0.416 e. The highest BCUT2D eigenvalue weighted by Crippen LogP contribution is 2.37. The number of hydrogen-bond acceptors (Lipinski definition) is 5. The summed E-state index contributed by atoms with van der Waals surface area (Å²) in [5.74, 6) is 1.01. The number of fused-ring (bicyclic) bond motifs is 1. The minimum atomic E-state index is 0.124. The Morgan fingerprint density at radius 3 is 2.11 bits per heavy atom. The van der Waals surface area contributed by atoms with Crippen LogP contribution in [-0.2, 0) is 0 Å². The first-order valence-electron chi connectivity index (χ1n) is 12.7. The van der Waals surface area contributed by atoms with E-state index in [0.717, 1.165) is 45.3 Å². The Labute approximate surface area is 220 Å². The summed E-state index contributed by atoms with van der Waals surface area (Å²) < 4.78 is 6.13. The van der Waals surface area contributed by atoms with Crippen molar-refractivity contribution in [1.82, 2.24) is 10.2 Å². The maximum absolute atomic E-state index is 6.13. The van der Waals surface area contributed by atoms with Crippen molar-refractivity contribution in [3.8, 4) is 22.9 Å². The van der Waals surface area contributed by atoms with E-state index in [-0.39, 0.29) is 6.04 Å². The van der Waals surface area contributed by atoms with Crippen LogP contribution in [0.4, 0.5) is 5.69 Å². The van der Waals surface area contributed by atoms with Crippen LogP contribution in [-0.4, -0.2) is 15.9 Å². The zero-order valence-electron chi connectivity index (χ0n) is 20.6. The van der Waals surface area contributed by atoms with Gasteiger partial charge >= 0.3 is 0 Å². The van der Waals surface area contributed by atoms with Gasteiger partial charge in [0.15, 0.2) is 0 Å². The van der Waals surface area contributed by atoms with Gasteiger partial charge in [-0.05, 0) is 52.2 Å². The predicted octanol–water partition coefficient (Wildman–Crippen LogP) is 7.91. The molecule has 5 nitrogen and oxygen atoms in total. The van der Waals surface area contributed by atoms with E-state index in [1.54, 1.807) is 0 Å². The van der Waals surface area contributed by atoms with Gasteiger partial charge in [-0.25, -0.2) is 0 Å². The van der Waals surface area contributed by atoms with Crippen LogP contribution in [0.3, 0.4) is 0 Å². The van der Waals surface area contributed by atoms with Gasteiger partial charge in [-0.1, -0.05) is 97.1 Å². The molecule has 6 aromatic rings. The molecule has 1 aliphatic rings. The van der Waals surface area contributed by atoms with Crippen molar-refractivity contribution in [2.75, 3.05) is 5.01 Å². The standard InChI is InChI=1S/C33H24N4O/c1-3-11-24(12-4-1)30-22-31(25-13-5-2-6-14-25)37(36-30)27-20-18-26(19-21-27)32-34-35-33(38-32)29-17-9-15-23-10-7-8-16-28(23)29/h1-21,31H,22H2. The molecule has 0 amide bonds. The van der Waals surface area contributed by atoms with Crippen molar-refractivity contribution < 1.29 is 4.42 Å². The second-order valence-electron chi connectivity index (χ2n) is 9.37. The summed E-state index contributed by atoms with van der Waals surface area (Å²) in [5.41, 5.74) is 6.30. The molecule has 0 saturated carbocycles. The topological polar surface area (TPSA) is 54.5 Å². The lowest BCUT2D eigenvalue weighted by Crippen LogP contribution is -2.18. The van der Waals surface area contributed by atoms with Gasteiger partial charge in [0.1, 0.15) is 0 Å². The molecule has 0 fully saturated rings. The Morgan fingerprint density at radius 1 is 0.605 bits per heavy atom. The number of anilines is 1. The van der Waals surface area contributed by atoms with Crippen LogP contribution >= 0.6 is 0 Å². The summed E-state index contributed by atoms with van der Waals surface area (Å²) in [6.45, 7) is 0. The van der Waals surface area contributed by atoms with Crippen molar-refractivity contribution in [2.24, 2.45) is 5.10 Å². The number of nitrogens with zero attached hydrogens (tertiary/aromatic N) is 4. The maximum Gasteiger partial charge on any atom is 0.248 e. The minimum absolute atomic E-state index is 0.124. The molecule has 1 aliphatic heterocycles. The molecule has 182 valence electrons. The van der Waals surface area contributed by atoms with Gasteiger partial charge in [-0.3, -0.25) is 5.01 Å². The van der Waals surface area contributed by atoms with Gasteiger partial charge in [0.25, 0.3) is 0 Å². The van der Waals surface area contributed by atoms with Crippen molar-refractivity contribution in [1.29, 1.82) is 0 Å². The third-order valence-electron chi connectivity index (χ3n) is 7.03. The first-order valence-corrected chi connectivity index (χ1v) is 12.7. The monoisotopic (exact) mass is 492 g/mol. The fraction of sp³-hybridized carbons (Fsp3) is 0.0606. The fourth-order valence-electron chi connectivity index (χ4n) is 5.11. The van der Waals surface area contributed by atoms with Crippen LogP contribution in [0.1, 0.15) is 23.6 Å². The number of benzene rings is 5. The Bertz CT molecular complexity index is 1740. The van der Waals surface area contributed by atoms with E-state index in [0.29, 0.717) is 11.8 Å². The third kappa shape index (κ3) is 4.04. The van der Waals surface area contributed by atoms with Crippen molar-refractivity contribution in [3.63, 3.8) is 0 Å². The molecule has 0 saturated heterocycles. The van der Waals surface area contributed by atoms with E-state index in [1.165, 1.54) is 5.56 Å². The maximum atomic E-state index is 6.13. The Morgan fingerprint density at radius 2 is 1.29 bits per heavy atom. The highest BCUT2D eigenvalue weighted by atomic mass is 16.4. The molecular weight excluding hydrogens is 468 g/mol. The molecule has 5 heteroatoms. The van der Waals surface area contributed by atoms with E-state index in [1.807, 2.05) is 48.5 Å². The zero-order chi connectivity index (χ0) is 25.3. The average Bonchev–Trinajstić information content (AvgIpc) is 3.67. The van der Waals surface area contributed by atoms with Crippen LogP contribution in [0.2, 0.25) is 0 Å². The average molecular weight is 493 g/mol. The van der Waals surface area contributed by atoms with Crippen molar-refractivity contribution in [2.45, 2.75) is 12.5 Å². The van der Waals surface area contributed by atoms with Gasteiger partial charge in [0.05, 0.1) is 17.4 Å². The highest BCUT2D eigenvalue weighted by molar-refractivity contribution is 6.03. The summed E-state index contributed by atoms with van der Waals surface area (Å²) in [4.78, 5) is 0. The molecule has 5 aromatic carbocycles. The lowest BCUT2D eigenvalue weighted by Gasteiger charge is -2.24. The third-order valence-corrected chi connectivity index (χ3v) is 7.03. The first kappa shape index (κ1) is 22.2. The number of hydrazone groups is 1. The van der Waals surface area contributed by atoms with Crippen LogP contribution < -0.4 is 5.01 Å². The second kappa shape index (κ2) is 9.45. The van der Waals surface area contributed by atoms with E-state index in [2.05, 4.69) is 94.1 Å². The normalized spacial score (nSPS) is 15.1. The van der Waals surface area contributed by atoms with Gasteiger partial charge in [0.2, 0.25) is 11.8 Å². The minimum Gasteiger partial charge on any atom is -0.416 e. The molecular formula is C33H24N4O. The summed E-state index contributed by atoms with van der Waals surface area (Å²) in [6, 6.07) is 43.6. The highest BCUT2D eigenvalue weighted by Gasteiger charge is 2.29. The zero-order valence-corrected chi connectivity index (χ0v) is 20.6. The fourth-order valence-corrected chi connectivity index (χ4v) is 5.11. The Balaban J connectivity index is 1.21. The molecule has 38 heavy (non-hydrogen) atoms. The smallest absolute Gasteiger partial charge is 0.248 e. The summed E-state index contributed by atoms with van der Waals surface area (Å²) in [7, 11) is 0. The lowest BCUT2D eigenvalue weighted by molar-refractivity contribution is 0.585. The first-order chi connectivity index (χ1) is 18.8.